The first-order valence-corrected chi connectivity index (χ1v) is 8.34. The molecule has 8 heteroatoms. The van der Waals surface area contributed by atoms with E-state index in [9.17, 15) is 19.5 Å². The summed E-state index contributed by atoms with van der Waals surface area (Å²) in [6, 6.07) is 4.79. The van der Waals surface area contributed by atoms with Crippen LogP contribution in [0, 0.1) is 11.8 Å². The lowest BCUT2D eigenvalue weighted by atomic mass is 9.61. The van der Waals surface area contributed by atoms with E-state index in [0.29, 0.717) is 17.1 Å². The van der Waals surface area contributed by atoms with Crippen LogP contribution in [0.3, 0.4) is 0 Å². The van der Waals surface area contributed by atoms with Crippen molar-refractivity contribution < 1.29 is 38.4 Å². The van der Waals surface area contributed by atoms with Gasteiger partial charge in [0.15, 0.2) is 17.3 Å². The van der Waals surface area contributed by atoms with E-state index in [1.807, 2.05) is 0 Å². The van der Waals surface area contributed by atoms with Gasteiger partial charge in [0.25, 0.3) is 0 Å². The molecule has 0 unspecified atom stereocenters. The van der Waals surface area contributed by atoms with Crippen molar-refractivity contribution in [3.05, 3.63) is 23.8 Å². The molecular weight excluding hydrogens is 356 g/mol. The Labute approximate surface area is 157 Å². The number of Topliss-reactive ketones (excluding diaryl/α,β-unsaturated/α-hetero) is 1. The van der Waals surface area contributed by atoms with Crippen molar-refractivity contribution in [3.63, 3.8) is 0 Å². The smallest absolute Gasteiger partial charge is 0.316 e. The highest BCUT2D eigenvalue weighted by Crippen LogP contribution is 2.47. The number of rotatable bonds is 5. The summed E-state index contributed by atoms with van der Waals surface area (Å²) in [7, 11) is 5.27. The number of esters is 2. The predicted octanol–water partition coefficient (Wildman–Crippen LogP) is 1.09. The molecule has 1 fully saturated rings. The van der Waals surface area contributed by atoms with Gasteiger partial charge in [0, 0.05) is 12.3 Å². The summed E-state index contributed by atoms with van der Waals surface area (Å²) in [5.41, 5.74) is -1.24. The third kappa shape index (κ3) is 3.75. The molecule has 4 atom stereocenters. The maximum Gasteiger partial charge on any atom is 0.316 e. The molecule has 2 rings (SSSR count). The van der Waals surface area contributed by atoms with Crippen LogP contribution >= 0.6 is 0 Å². The largest absolute Gasteiger partial charge is 0.493 e. The molecule has 1 aliphatic carbocycles. The van der Waals surface area contributed by atoms with E-state index in [1.165, 1.54) is 35.4 Å². The number of hydrogen-bond donors (Lipinski definition) is 1. The average Bonchev–Trinajstić information content (AvgIpc) is 2.64. The van der Waals surface area contributed by atoms with Gasteiger partial charge >= 0.3 is 11.9 Å². The summed E-state index contributed by atoms with van der Waals surface area (Å²) in [4.78, 5) is 37.5. The number of benzene rings is 1. The molecular formula is C19H24O8. The first-order valence-electron chi connectivity index (χ1n) is 8.34. The fraction of sp³-hybridized carbons (Fsp3) is 0.526. The van der Waals surface area contributed by atoms with E-state index in [1.54, 1.807) is 18.2 Å². The molecule has 1 saturated carbocycles. The van der Waals surface area contributed by atoms with Gasteiger partial charge in [0.05, 0.1) is 40.0 Å². The molecule has 0 saturated heterocycles. The zero-order valence-electron chi connectivity index (χ0n) is 16.0. The average molecular weight is 380 g/mol. The van der Waals surface area contributed by atoms with Crippen molar-refractivity contribution in [1.82, 2.24) is 0 Å². The fourth-order valence-corrected chi connectivity index (χ4v) is 3.73. The first kappa shape index (κ1) is 20.7. The van der Waals surface area contributed by atoms with Crippen LogP contribution in [0.5, 0.6) is 11.5 Å². The second kappa shape index (κ2) is 7.96. The third-order valence-electron chi connectivity index (χ3n) is 4.97. The standard InChI is InChI=1S/C19H24O8/c1-19(23)9-11(20)15(17(21)26-4)14(16(19)18(22)27-5)10-6-7-12(24-2)13(8-10)25-3/h6-8,14-16,23H,9H2,1-5H3/t14-,15-,16-,19+/m0/s1. The van der Waals surface area contributed by atoms with E-state index in [4.69, 9.17) is 18.9 Å². The summed E-state index contributed by atoms with van der Waals surface area (Å²) in [5.74, 6) is -4.59. The van der Waals surface area contributed by atoms with Crippen LogP contribution in [-0.4, -0.2) is 56.9 Å². The van der Waals surface area contributed by atoms with Gasteiger partial charge in [-0.2, -0.15) is 0 Å². The molecule has 0 aliphatic heterocycles. The Kier molecular flexibility index (Phi) is 6.10. The molecule has 1 aliphatic rings. The number of carbonyl (C=O) groups is 3. The van der Waals surface area contributed by atoms with Gasteiger partial charge in [-0.15, -0.1) is 0 Å². The summed E-state index contributed by atoms with van der Waals surface area (Å²) >= 11 is 0. The Bertz CT molecular complexity index is 739. The Morgan fingerprint density at radius 2 is 1.63 bits per heavy atom. The highest BCUT2D eigenvalue weighted by Gasteiger charge is 2.57. The zero-order valence-corrected chi connectivity index (χ0v) is 16.0. The highest BCUT2D eigenvalue weighted by atomic mass is 16.5. The van der Waals surface area contributed by atoms with Crippen molar-refractivity contribution in [2.45, 2.75) is 24.9 Å². The zero-order chi connectivity index (χ0) is 20.4. The normalized spacial score (nSPS) is 27.6. The van der Waals surface area contributed by atoms with Gasteiger partial charge in [-0.05, 0) is 24.6 Å². The summed E-state index contributed by atoms with van der Waals surface area (Å²) in [5, 5.41) is 10.8. The minimum atomic E-state index is -1.69. The number of carbonyl (C=O) groups excluding carboxylic acids is 3. The molecule has 0 heterocycles. The molecule has 8 nitrogen and oxygen atoms in total. The molecule has 1 aromatic rings. The number of hydrogen-bond acceptors (Lipinski definition) is 8. The molecule has 0 radical (unpaired) electrons. The molecule has 0 bridgehead atoms. The lowest BCUT2D eigenvalue weighted by Gasteiger charge is -2.43. The van der Waals surface area contributed by atoms with Crippen LogP contribution in [0.15, 0.2) is 18.2 Å². The molecule has 1 N–H and O–H groups in total. The van der Waals surface area contributed by atoms with Crippen molar-refractivity contribution in [1.29, 1.82) is 0 Å². The highest BCUT2D eigenvalue weighted by molar-refractivity contribution is 6.02. The first-order chi connectivity index (χ1) is 12.7. The van der Waals surface area contributed by atoms with Crippen LogP contribution in [0.25, 0.3) is 0 Å². The molecule has 148 valence electrons. The summed E-state index contributed by atoms with van der Waals surface area (Å²) in [6.07, 6.45) is -0.365. The van der Waals surface area contributed by atoms with E-state index in [0.717, 1.165) is 0 Å². The SMILES string of the molecule is COC(=O)[C@H]1C(=O)C[C@@](C)(O)[C@H](C(=O)OC)[C@H]1c1ccc(OC)c(OC)c1. The summed E-state index contributed by atoms with van der Waals surface area (Å²) in [6.45, 7) is 1.38. The third-order valence-corrected chi connectivity index (χ3v) is 4.97. The van der Waals surface area contributed by atoms with Crippen molar-refractivity contribution in [3.8, 4) is 11.5 Å². The minimum Gasteiger partial charge on any atom is -0.493 e. The molecule has 0 aromatic heterocycles. The number of methoxy groups -OCH3 is 4. The van der Waals surface area contributed by atoms with Crippen molar-refractivity contribution in [2.75, 3.05) is 28.4 Å². The van der Waals surface area contributed by atoms with E-state index in [-0.39, 0.29) is 6.42 Å². The summed E-state index contributed by atoms with van der Waals surface area (Å²) < 4.78 is 20.1. The predicted molar refractivity (Wildman–Crippen MR) is 93.5 cm³/mol. The topological polar surface area (TPSA) is 108 Å². The minimum absolute atomic E-state index is 0.361. The second-order valence-electron chi connectivity index (χ2n) is 6.64. The van der Waals surface area contributed by atoms with Gasteiger partial charge in [0.1, 0.15) is 5.92 Å². The Morgan fingerprint density at radius 1 is 1.04 bits per heavy atom. The van der Waals surface area contributed by atoms with Gasteiger partial charge in [-0.3, -0.25) is 14.4 Å². The molecule has 0 spiro atoms. The van der Waals surface area contributed by atoms with Crippen LogP contribution < -0.4 is 9.47 Å². The van der Waals surface area contributed by atoms with Gasteiger partial charge in [-0.25, -0.2) is 0 Å². The lowest BCUT2D eigenvalue weighted by Crippen LogP contribution is -2.55. The van der Waals surface area contributed by atoms with Crippen LogP contribution in [0.4, 0.5) is 0 Å². The van der Waals surface area contributed by atoms with Crippen LogP contribution in [0.2, 0.25) is 0 Å². The Hall–Kier alpha value is -2.61. The maximum atomic E-state index is 12.7. The van der Waals surface area contributed by atoms with Gasteiger partial charge in [-0.1, -0.05) is 6.07 Å². The molecule has 1 aromatic carbocycles. The lowest BCUT2D eigenvalue weighted by molar-refractivity contribution is -0.170. The van der Waals surface area contributed by atoms with Crippen molar-refractivity contribution in [2.24, 2.45) is 11.8 Å². The van der Waals surface area contributed by atoms with Crippen LogP contribution in [0.1, 0.15) is 24.8 Å². The Morgan fingerprint density at radius 3 is 2.15 bits per heavy atom. The van der Waals surface area contributed by atoms with E-state index in [2.05, 4.69) is 0 Å². The van der Waals surface area contributed by atoms with Crippen molar-refractivity contribution >= 4 is 17.7 Å². The molecule has 0 amide bonds. The molecule has 27 heavy (non-hydrogen) atoms. The van der Waals surface area contributed by atoms with Gasteiger partial charge < -0.3 is 24.1 Å². The second-order valence-corrected chi connectivity index (χ2v) is 6.64. The van der Waals surface area contributed by atoms with E-state index < -0.39 is 41.1 Å². The maximum absolute atomic E-state index is 12.7. The number of aliphatic hydroxyl groups is 1. The van der Waals surface area contributed by atoms with Gasteiger partial charge in [0.2, 0.25) is 0 Å². The quantitative estimate of drug-likeness (QED) is 0.597. The monoisotopic (exact) mass is 380 g/mol. The number of ketones is 1. The Balaban J connectivity index is 2.69. The fourth-order valence-electron chi connectivity index (χ4n) is 3.73. The van der Waals surface area contributed by atoms with E-state index >= 15 is 0 Å². The number of ether oxygens (including phenoxy) is 4. The van der Waals surface area contributed by atoms with Crippen LogP contribution in [-0.2, 0) is 23.9 Å².